The van der Waals surface area contributed by atoms with Crippen molar-refractivity contribution in [3.63, 3.8) is 0 Å². The highest BCUT2D eigenvalue weighted by atomic mass is 31.4. The highest BCUT2D eigenvalue weighted by Gasteiger charge is 2.42. The van der Waals surface area contributed by atoms with Crippen molar-refractivity contribution in [2.24, 2.45) is 0 Å². The Morgan fingerprint density at radius 3 is 1.53 bits per heavy atom. The normalized spacial score (nSPS) is 18.9. The van der Waals surface area contributed by atoms with E-state index in [1.54, 1.807) is 22.3 Å². The van der Waals surface area contributed by atoms with E-state index in [1.807, 2.05) is 0 Å². The van der Waals surface area contributed by atoms with Gasteiger partial charge in [-0.1, -0.05) is 38.1 Å². The third kappa shape index (κ3) is 2.47. The molecule has 1 aliphatic rings. The van der Waals surface area contributed by atoms with Gasteiger partial charge < -0.3 is 0 Å². The second kappa shape index (κ2) is 5.41. The minimum Gasteiger partial charge on any atom is -0.118 e. The van der Waals surface area contributed by atoms with Crippen LogP contribution < -0.4 is 0 Å². The molecule has 98 valence electrons. The van der Waals surface area contributed by atoms with Crippen molar-refractivity contribution < 1.29 is 0 Å². The molecule has 0 fully saturated rings. The third-order valence-corrected chi connectivity index (χ3v) is 17.9. The summed E-state index contributed by atoms with van der Waals surface area (Å²) in [7, 11) is -0.892. The fraction of sp³-hybridized carbons (Fsp3) is 0.733. The Labute approximate surface area is 110 Å². The molecule has 0 spiro atoms. The van der Waals surface area contributed by atoms with Gasteiger partial charge in [-0.15, -0.1) is 7.47 Å². The average molecular weight is 268 g/mol. The van der Waals surface area contributed by atoms with Gasteiger partial charge in [0.1, 0.15) is 0 Å². The molecular formula is C15H29PSi. The minimum absolute atomic E-state index is 0.269. The standard InChI is InChI=1S/C15H29PSi/c1-9-16(10-2)17(7,8)15-13(5)11(3)12(4)14(15)6/h15H,9-10H2,1-8H3. The molecule has 0 bridgehead atoms. The predicted octanol–water partition coefficient (Wildman–Crippen LogP) is 5.77. The van der Waals surface area contributed by atoms with E-state index in [-0.39, 0.29) is 7.47 Å². The molecular weight excluding hydrogens is 239 g/mol. The van der Waals surface area contributed by atoms with E-state index < -0.39 is 7.74 Å². The summed E-state index contributed by atoms with van der Waals surface area (Å²) in [5.41, 5.74) is 7.36. The smallest absolute Gasteiger partial charge is 0.0863 e. The van der Waals surface area contributed by atoms with E-state index in [0.717, 1.165) is 5.54 Å². The quantitative estimate of drug-likeness (QED) is 0.448. The van der Waals surface area contributed by atoms with Crippen molar-refractivity contribution in [1.82, 2.24) is 0 Å². The summed E-state index contributed by atoms with van der Waals surface area (Å²) in [6, 6.07) is 0. The van der Waals surface area contributed by atoms with Crippen molar-refractivity contribution in [3.8, 4) is 0 Å². The second-order valence-electron chi connectivity index (χ2n) is 5.87. The largest absolute Gasteiger partial charge is 0.118 e. The molecule has 0 radical (unpaired) electrons. The lowest BCUT2D eigenvalue weighted by Crippen LogP contribution is -2.33. The van der Waals surface area contributed by atoms with Gasteiger partial charge in [-0.05, 0) is 51.2 Å². The topological polar surface area (TPSA) is 0 Å². The lowest BCUT2D eigenvalue weighted by molar-refractivity contribution is 1.08. The molecule has 0 saturated heterocycles. The van der Waals surface area contributed by atoms with Crippen LogP contribution in [0.1, 0.15) is 41.5 Å². The van der Waals surface area contributed by atoms with Crippen molar-refractivity contribution in [3.05, 3.63) is 22.3 Å². The zero-order chi connectivity index (χ0) is 13.4. The van der Waals surface area contributed by atoms with E-state index >= 15 is 0 Å². The lowest BCUT2D eigenvalue weighted by Gasteiger charge is -2.39. The average Bonchev–Trinajstić information content (AvgIpc) is 2.45. The summed E-state index contributed by atoms with van der Waals surface area (Å²) in [6.07, 6.45) is 2.83. The lowest BCUT2D eigenvalue weighted by atomic mass is 10.1. The maximum atomic E-state index is 2.63. The fourth-order valence-corrected chi connectivity index (χ4v) is 15.8. The predicted molar refractivity (Wildman–Crippen MR) is 86.0 cm³/mol. The molecule has 0 N–H and O–H groups in total. The molecule has 0 aromatic heterocycles. The van der Waals surface area contributed by atoms with Gasteiger partial charge in [0, 0.05) is 5.54 Å². The van der Waals surface area contributed by atoms with E-state index in [9.17, 15) is 0 Å². The number of allylic oxidation sites excluding steroid dienone is 4. The van der Waals surface area contributed by atoms with Crippen LogP contribution in [0.3, 0.4) is 0 Å². The highest BCUT2D eigenvalue weighted by molar-refractivity contribution is 7.95. The molecule has 0 heterocycles. The SMILES string of the molecule is CCP(CC)[Si](C)(C)C1C(C)=C(C)C(C)=C1C. The van der Waals surface area contributed by atoms with Gasteiger partial charge in [0.2, 0.25) is 0 Å². The molecule has 2 heteroatoms. The van der Waals surface area contributed by atoms with E-state index in [0.29, 0.717) is 0 Å². The maximum absolute atomic E-state index is 2.63. The Bertz CT molecular complexity index is 335. The summed E-state index contributed by atoms with van der Waals surface area (Å²) in [6.45, 7) is 19.5. The van der Waals surface area contributed by atoms with Gasteiger partial charge in [-0.2, -0.15) is 0 Å². The van der Waals surface area contributed by atoms with E-state index in [1.165, 1.54) is 12.3 Å². The van der Waals surface area contributed by atoms with Crippen LogP contribution in [0.15, 0.2) is 22.3 Å². The Balaban J connectivity index is 3.17. The molecule has 1 aliphatic carbocycles. The van der Waals surface area contributed by atoms with Gasteiger partial charge in [0.05, 0.1) is 7.74 Å². The summed E-state index contributed by atoms with van der Waals surface area (Å²) in [4.78, 5) is 0. The monoisotopic (exact) mass is 268 g/mol. The first kappa shape index (κ1) is 15.2. The maximum Gasteiger partial charge on any atom is 0.0863 e. The zero-order valence-corrected chi connectivity index (χ0v) is 14.8. The first-order valence-electron chi connectivity index (χ1n) is 6.89. The van der Waals surface area contributed by atoms with Gasteiger partial charge in [0.25, 0.3) is 0 Å². The van der Waals surface area contributed by atoms with Crippen molar-refractivity contribution in [2.75, 3.05) is 12.3 Å². The van der Waals surface area contributed by atoms with Crippen LogP contribution in [0.25, 0.3) is 0 Å². The Hall–Kier alpha value is 0.127. The van der Waals surface area contributed by atoms with Crippen LogP contribution in [-0.4, -0.2) is 20.1 Å². The van der Waals surface area contributed by atoms with Crippen LogP contribution in [0.4, 0.5) is 0 Å². The van der Waals surface area contributed by atoms with E-state index in [4.69, 9.17) is 0 Å². The Morgan fingerprint density at radius 1 is 0.882 bits per heavy atom. The molecule has 0 saturated carbocycles. The van der Waals surface area contributed by atoms with Crippen LogP contribution in [0.5, 0.6) is 0 Å². The molecule has 0 atom stereocenters. The Morgan fingerprint density at radius 2 is 1.24 bits per heavy atom. The van der Waals surface area contributed by atoms with Crippen LogP contribution >= 0.6 is 7.47 Å². The van der Waals surface area contributed by atoms with E-state index in [2.05, 4.69) is 54.6 Å². The molecule has 0 nitrogen and oxygen atoms in total. The minimum atomic E-state index is -1.16. The van der Waals surface area contributed by atoms with Gasteiger partial charge in [-0.3, -0.25) is 0 Å². The Kier molecular flexibility index (Phi) is 4.83. The number of rotatable bonds is 4. The van der Waals surface area contributed by atoms with Crippen molar-refractivity contribution in [1.29, 1.82) is 0 Å². The molecule has 0 aromatic carbocycles. The molecule has 0 amide bonds. The first-order valence-corrected chi connectivity index (χ1v) is 12.5. The number of hydrogen-bond acceptors (Lipinski definition) is 0. The summed E-state index contributed by atoms with van der Waals surface area (Å²) >= 11 is 0. The molecule has 0 aromatic rings. The van der Waals surface area contributed by atoms with Gasteiger partial charge in [-0.25, -0.2) is 0 Å². The third-order valence-electron chi connectivity index (χ3n) is 4.90. The molecule has 0 aliphatic heterocycles. The van der Waals surface area contributed by atoms with Crippen LogP contribution in [0, 0.1) is 0 Å². The second-order valence-corrected chi connectivity index (χ2v) is 17.5. The van der Waals surface area contributed by atoms with Crippen LogP contribution in [0.2, 0.25) is 18.6 Å². The first-order chi connectivity index (χ1) is 7.78. The van der Waals surface area contributed by atoms with Crippen LogP contribution in [-0.2, 0) is 0 Å². The summed E-state index contributed by atoms with van der Waals surface area (Å²) in [5, 5.41) is 0. The molecule has 17 heavy (non-hydrogen) atoms. The fourth-order valence-electron chi connectivity index (χ4n) is 3.63. The summed E-state index contributed by atoms with van der Waals surface area (Å²) < 4.78 is 0. The molecule has 0 unspecified atom stereocenters. The zero-order valence-electron chi connectivity index (χ0n) is 12.9. The highest BCUT2D eigenvalue weighted by Crippen LogP contribution is 2.59. The summed E-state index contributed by atoms with van der Waals surface area (Å²) in [5.74, 6) is 0. The van der Waals surface area contributed by atoms with Crippen molar-refractivity contribution >= 4 is 15.2 Å². The van der Waals surface area contributed by atoms with Gasteiger partial charge in [0.15, 0.2) is 0 Å². The van der Waals surface area contributed by atoms with Gasteiger partial charge >= 0.3 is 0 Å². The number of hydrogen-bond donors (Lipinski definition) is 0. The molecule has 1 rings (SSSR count). The van der Waals surface area contributed by atoms with Crippen molar-refractivity contribution in [2.45, 2.75) is 60.2 Å².